The van der Waals surface area contributed by atoms with Crippen molar-refractivity contribution in [2.75, 3.05) is 18.4 Å². The molecule has 0 aromatic carbocycles. The molecule has 2 aliphatic rings. The Bertz CT molecular complexity index is 1050. The predicted octanol–water partition coefficient (Wildman–Crippen LogP) is 2.08. The van der Waals surface area contributed by atoms with Crippen molar-refractivity contribution in [2.45, 2.75) is 38.9 Å². The molecular weight excluding hydrogens is 412 g/mol. The van der Waals surface area contributed by atoms with Crippen LogP contribution in [0, 0.1) is 0 Å². The Kier molecular flexibility index (Phi) is 6.20. The zero-order valence-electron chi connectivity index (χ0n) is 18.3. The SMILES string of the molecule is CC(C)OC1=CC(C(=O)Nc2ccn(C)n2)=CC(Oc2cnc(C(=O)N3CCC3)nc2)C1. The summed E-state index contributed by atoms with van der Waals surface area (Å²) in [5.41, 5.74) is 0.410. The van der Waals surface area contributed by atoms with Crippen molar-refractivity contribution in [2.24, 2.45) is 7.05 Å². The fraction of sp³-hybridized carbons (Fsp3) is 0.409. The van der Waals surface area contributed by atoms with Crippen molar-refractivity contribution >= 4 is 17.6 Å². The molecule has 2 amide bonds. The van der Waals surface area contributed by atoms with Crippen molar-refractivity contribution in [1.29, 1.82) is 0 Å². The molecule has 2 aromatic heterocycles. The van der Waals surface area contributed by atoms with Crippen LogP contribution < -0.4 is 10.1 Å². The Morgan fingerprint density at radius 2 is 1.97 bits per heavy atom. The predicted molar refractivity (Wildman–Crippen MR) is 116 cm³/mol. The highest BCUT2D eigenvalue weighted by atomic mass is 16.5. The maximum absolute atomic E-state index is 12.8. The molecular formula is C22H26N6O4. The van der Waals surface area contributed by atoms with Gasteiger partial charge in [0, 0.05) is 44.4 Å². The summed E-state index contributed by atoms with van der Waals surface area (Å²) in [6, 6.07) is 1.71. The second-order valence-corrected chi connectivity index (χ2v) is 7.98. The fourth-order valence-electron chi connectivity index (χ4n) is 3.33. The third kappa shape index (κ3) is 5.13. The molecule has 32 heavy (non-hydrogen) atoms. The lowest BCUT2D eigenvalue weighted by Crippen LogP contribution is -2.42. The van der Waals surface area contributed by atoms with Crippen molar-refractivity contribution in [3.63, 3.8) is 0 Å². The number of anilines is 1. The lowest BCUT2D eigenvalue weighted by atomic mass is 10.0. The molecule has 4 rings (SSSR count). The van der Waals surface area contributed by atoms with Gasteiger partial charge in [-0.2, -0.15) is 5.10 Å². The van der Waals surface area contributed by atoms with Gasteiger partial charge >= 0.3 is 0 Å². The number of aryl methyl sites for hydroxylation is 1. The summed E-state index contributed by atoms with van der Waals surface area (Å²) in [5, 5.41) is 6.94. The van der Waals surface area contributed by atoms with E-state index in [0.717, 1.165) is 19.5 Å². The molecule has 0 radical (unpaired) electrons. The van der Waals surface area contributed by atoms with E-state index in [4.69, 9.17) is 9.47 Å². The van der Waals surface area contributed by atoms with Crippen LogP contribution in [0.1, 0.15) is 37.3 Å². The molecule has 1 aliphatic heterocycles. The maximum Gasteiger partial charge on any atom is 0.291 e. The molecule has 10 heteroatoms. The number of carbonyl (C=O) groups is 2. The first kappa shape index (κ1) is 21.5. The Morgan fingerprint density at radius 3 is 2.56 bits per heavy atom. The number of likely N-dealkylation sites (tertiary alicyclic amines) is 1. The van der Waals surface area contributed by atoms with E-state index in [1.165, 1.54) is 12.4 Å². The van der Waals surface area contributed by atoms with Gasteiger partial charge in [0.25, 0.3) is 11.8 Å². The molecule has 2 aromatic rings. The van der Waals surface area contributed by atoms with Gasteiger partial charge in [0.05, 0.1) is 18.5 Å². The van der Waals surface area contributed by atoms with Crippen molar-refractivity contribution in [3.05, 3.63) is 54.0 Å². The summed E-state index contributed by atoms with van der Waals surface area (Å²) >= 11 is 0. The first-order valence-electron chi connectivity index (χ1n) is 10.6. The number of nitrogens with zero attached hydrogens (tertiary/aromatic N) is 5. The lowest BCUT2D eigenvalue weighted by Gasteiger charge is -2.30. The zero-order valence-corrected chi connectivity index (χ0v) is 18.3. The van der Waals surface area contributed by atoms with E-state index in [0.29, 0.717) is 29.3 Å². The zero-order chi connectivity index (χ0) is 22.7. The van der Waals surface area contributed by atoms with Gasteiger partial charge in [-0.1, -0.05) is 0 Å². The largest absolute Gasteiger partial charge is 0.495 e. The van der Waals surface area contributed by atoms with Crippen LogP contribution in [-0.2, 0) is 16.6 Å². The number of ether oxygens (including phenoxy) is 2. The van der Waals surface area contributed by atoms with Gasteiger partial charge in [-0.3, -0.25) is 14.3 Å². The van der Waals surface area contributed by atoms with Crippen LogP contribution >= 0.6 is 0 Å². The monoisotopic (exact) mass is 438 g/mol. The lowest BCUT2D eigenvalue weighted by molar-refractivity contribution is -0.112. The molecule has 168 valence electrons. The van der Waals surface area contributed by atoms with Crippen LogP contribution in [0.15, 0.2) is 48.1 Å². The minimum atomic E-state index is -0.459. The number of nitrogens with one attached hydrogen (secondary N) is 1. The summed E-state index contributed by atoms with van der Waals surface area (Å²) in [6.45, 7) is 5.32. The second-order valence-electron chi connectivity index (χ2n) is 7.98. The van der Waals surface area contributed by atoms with Gasteiger partial charge in [-0.05, 0) is 32.4 Å². The van der Waals surface area contributed by atoms with Crippen LogP contribution in [0.2, 0.25) is 0 Å². The number of rotatable bonds is 7. The van der Waals surface area contributed by atoms with Gasteiger partial charge in [0.15, 0.2) is 11.6 Å². The molecule has 1 fully saturated rings. The number of hydrogen-bond acceptors (Lipinski definition) is 7. The quantitative estimate of drug-likeness (QED) is 0.704. The Hall–Kier alpha value is -3.69. The maximum atomic E-state index is 12.8. The minimum Gasteiger partial charge on any atom is -0.495 e. The summed E-state index contributed by atoms with van der Waals surface area (Å²) < 4.78 is 13.4. The fourth-order valence-corrected chi connectivity index (χ4v) is 3.33. The van der Waals surface area contributed by atoms with E-state index in [1.54, 1.807) is 41.0 Å². The normalized spacial score (nSPS) is 17.9. The van der Waals surface area contributed by atoms with Crippen molar-refractivity contribution in [1.82, 2.24) is 24.6 Å². The Morgan fingerprint density at radius 1 is 1.22 bits per heavy atom. The topological polar surface area (TPSA) is 111 Å². The highest BCUT2D eigenvalue weighted by Crippen LogP contribution is 2.25. The molecule has 0 spiro atoms. The molecule has 3 heterocycles. The van der Waals surface area contributed by atoms with E-state index in [-0.39, 0.29) is 23.7 Å². The van der Waals surface area contributed by atoms with Gasteiger partial charge < -0.3 is 19.7 Å². The first-order chi connectivity index (χ1) is 15.4. The highest BCUT2D eigenvalue weighted by Gasteiger charge is 2.25. The van der Waals surface area contributed by atoms with Gasteiger partial charge in [-0.15, -0.1) is 0 Å². The van der Waals surface area contributed by atoms with E-state index in [9.17, 15) is 9.59 Å². The van der Waals surface area contributed by atoms with Gasteiger partial charge in [0.1, 0.15) is 11.9 Å². The molecule has 10 nitrogen and oxygen atoms in total. The van der Waals surface area contributed by atoms with Crippen molar-refractivity contribution < 1.29 is 19.1 Å². The van der Waals surface area contributed by atoms with Crippen molar-refractivity contribution in [3.8, 4) is 5.75 Å². The molecule has 0 bridgehead atoms. The molecule has 1 saturated heterocycles. The molecule has 1 N–H and O–H groups in total. The van der Waals surface area contributed by atoms with E-state index >= 15 is 0 Å². The number of carbonyl (C=O) groups excluding carboxylic acids is 2. The third-order valence-electron chi connectivity index (χ3n) is 4.94. The number of aromatic nitrogens is 4. The van der Waals surface area contributed by atoms with Gasteiger partial charge in [0.2, 0.25) is 5.82 Å². The smallest absolute Gasteiger partial charge is 0.291 e. The molecule has 1 aliphatic carbocycles. The summed E-state index contributed by atoms with van der Waals surface area (Å²) in [6.07, 6.45) is 9.09. The first-order valence-corrected chi connectivity index (χ1v) is 10.6. The Labute approximate surface area is 185 Å². The van der Waals surface area contributed by atoms with Crippen LogP contribution in [-0.4, -0.2) is 61.8 Å². The van der Waals surface area contributed by atoms with Crippen LogP contribution in [0.5, 0.6) is 5.75 Å². The molecule has 1 atom stereocenters. The third-order valence-corrected chi connectivity index (χ3v) is 4.94. The summed E-state index contributed by atoms with van der Waals surface area (Å²) in [5.74, 6) is 1.16. The van der Waals surface area contributed by atoms with Crippen LogP contribution in [0.4, 0.5) is 5.82 Å². The summed E-state index contributed by atoms with van der Waals surface area (Å²) in [7, 11) is 1.78. The van der Waals surface area contributed by atoms with E-state index in [1.807, 2.05) is 13.8 Å². The standard InChI is InChI=1S/C22H26N6O4/c1-14(2)31-16-9-15(21(29)25-19-5-8-27(3)26-19)10-17(11-16)32-18-12-23-20(24-13-18)22(30)28-6-4-7-28/h5,8-10,12-14,17H,4,6-7,11H2,1-3H3,(H,25,26,29). The minimum absolute atomic E-state index is 0.0461. The van der Waals surface area contributed by atoms with Crippen LogP contribution in [0.3, 0.4) is 0 Å². The van der Waals surface area contributed by atoms with Gasteiger partial charge in [-0.25, -0.2) is 9.97 Å². The van der Waals surface area contributed by atoms with E-state index < -0.39 is 6.10 Å². The van der Waals surface area contributed by atoms with Crippen LogP contribution in [0.25, 0.3) is 0 Å². The average Bonchev–Trinajstić information content (AvgIpc) is 3.11. The average molecular weight is 438 g/mol. The molecule has 1 unspecified atom stereocenters. The number of amides is 2. The summed E-state index contributed by atoms with van der Waals surface area (Å²) in [4.78, 5) is 35.0. The number of hydrogen-bond donors (Lipinski definition) is 1. The van der Waals surface area contributed by atoms with E-state index in [2.05, 4.69) is 20.4 Å². The molecule has 0 saturated carbocycles. The Balaban J connectivity index is 1.47. The highest BCUT2D eigenvalue weighted by molar-refractivity contribution is 6.05. The second kappa shape index (κ2) is 9.21.